The summed E-state index contributed by atoms with van der Waals surface area (Å²) >= 11 is 0. The summed E-state index contributed by atoms with van der Waals surface area (Å²) in [6, 6.07) is 14.7. The van der Waals surface area contributed by atoms with Crippen LogP contribution in [-0.4, -0.2) is 58.2 Å². The largest absolute Gasteiger partial charge is 0.379 e. The molecular weight excluding hydrogens is 511 g/mol. The van der Waals surface area contributed by atoms with Gasteiger partial charge in [-0.2, -0.15) is 5.26 Å². The van der Waals surface area contributed by atoms with Gasteiger partial charge >= 0.3 is 0 Å². The number of halogens is 1. The lowest BCUT2D eigenvalue weighted by Gasteiger charge is -2.28. The number of nitrogens with zero attached hydrogens (tertiary/aromatic N) is 5. The first-order valence-electron chi connectivity index (χ1n) is 13.0. The lowest BCUT2D eigenvalue weighted by Crippen LogP contribution is -2.44. The minimum absolute atomic E-state index is 0.0172. The Kier molecular flexibility index (Phi) is 7.69. The number of hydrogen-bond acceptors (Lipinski definition) is 7. The molecule has 1 aromatic carbocycles. The first-order valence-corrected chi connectivity index (χ1v) is 13.0. The Morgan fingerprint density at radius 1 is 1.07 bits per heavy atom. The lowest BCUT2D eigenvalue weighted by molar-refractivity contribution is 0.0364. The maximum Gasteiger partial charge on any atom is 0.265 e. The zero-order chi connectivity index (χ0) is 28.3. The zero-order valence-corrected chi connectivity index (χ0v) is 22.4. The minimum atomic E-state index is -0.864. The minimum Gasteiger partial charge on any atom is -0.379 e. The molecule has 0 spiro atoms. The molecule has 4 aromatic rings. The highest BCUT2D eigenvalue weighted by Gasteiger charge is 2.26. The van der Waals surface area contributed by atoms with Gasteiger partial charge in [0, 0.05) is 49.5 Å². The molecule has 0 bridgehead atoms. The van der Waals surface area contributed by atoms with E-state index in [1.807, 2.05) is 6.07 Å². The smallest absolute Gasteiger partial charge is 0.265 e. The van der Waals surface area contributed by atoms with Crippen molar-refractivity contribution in [3.63, 3.8) is 0 Å². The van der Waals surface area contributed by atoms with Crippen LogP contribution < -0.4 is 10.9 Å². The number of aromatic nitrogens is 3. The van der Waals surface area contributed by atoms with E-state index in [0.29, 0.717) is 59.7 Å². The molecule has 0 saturated carbocycles. The van der Waals surface area contributed by atoms with E-state index < -0.39 is 17.0 Å². The SMILES string of the molecule is CC(C)(NC(=O)c1cc2cc(-c3ccc(C#N)cn3)cnc2n(CCN2CCOCC2)c1=O)c1ccc(F)cc1. The van der Waals surface area contributed by atoms with Crippen LogP contribution >= 0.6 is 0 Å². The predicted molar refractivity (Wildman–Crippen MR) is 148 cm³/mol. The van der Waals surface area contributed by atoms with Crippen molar-refractivity contribution in [1.82, 2.24) is 24.8 Å². The number of pyridine rings is 3. The molecule has 1 saturated heterocycles. The number of rotatable bonds is 7. The Balaban J connectivity index is 1.54. The Labute approximate surface area is 230 Å². The second kappa shape index (κ2) is 11.3. The van der Waals surface area contributed by atoms with Gasteiger partial charge in [0.15, 0.2) is 0 Å². The lowest BCUT2D eigenvalue weighted by atomic mass is 9.94. The van der Waals surface area contributed by atoms with Gasteiger partial charge in [-0.05, 0) is 55.8 Å². The van der Waals surface area contributed by atoms with Crippen molar-refractivity contribution in [2.24, 2.45) is 0 Å². The number of fused-ring (bicyclic) bond motifs is 1. The Bertz CT molecular complexity index is 1640. The molecule has 5 rings (SSSR count). The summed E-state index contributed by atoms with van der Waals surface area (Å²) in [5, 5.41) is 12.6. The molecule has 1 N–H and O–H groups in total. The molecule has 0 radical (unpaired) electrons. The number of carbonyl (C=O) groups is 1. The van der Waals surface area contributed by atoms with Crippen molar-refractivity contribution in [3.05, 3.63) is 93.8 Å². The molecule has 1 amide bonds. The van der Waals surface area contributed by atoms with Crippen molar-refractivity contribution in [1.29, 1.82) is 5.26 Å². The molecule has 0 unspecified atom stereocenters. The fraction of sp³-hybridized carbons (Fsp3) is 0.300. The average Bonchev–Trinajstić information content (AvgIpc) is 2.96. The van der Waals surface area contributed by atoms with Gasteiger partial charge in [-0.15, -0.1) is 0 Å². The fourth-order valence-corrected chi connectivity index (χ4v) is 4.76. The van der Waals surface area contributed by atoms with Crippen LogP contribution in [0, 0.1) is 17.1 Å². The molecular formula is C30H29FN6O3. The first kappa shape index (κ1) is 27.1. The number of amides is 1. The number of nitriles is 1. The van der Waals surface area contributed by atoms with E-state index in [9.17, 15) is 14.0 Å². The Morgan fingerprint density at radius 3 is 2.50 bits per heavy atom. The highest BCUT2D eigenvalue weighted by molar-refractivity contribution is 5.97. The van der Waals surface area contributed by atoms with Gasteiger partial charge in [-0.1, -0.05) is 12.1 Å². The van der Waals surface area contributed by atoms with E-state index in [2.05, 4.69) is 26.3 Å². The molecule has 1 aliphatic heterocycles. The molecule has 40 heavy (non-hydrogen) atoms. The van der Waals surface area contributed by atoms with Crippen molar-refractivity contribution in [2.45, 2.75) is 25.9 Å². The number of morpholine rings is 1. The van der Waals surface area contributed by atoms with Gasteiger partial charge in [0.2, 0.25) is 0 Å². The second-order valence-electron chi connectivity index (χ2n) is 10.2. The van der Waals surface area contributed by atoms with Gasteiger partial charge in [0.05, 0.1) is 30.0 Å². The monoisotopic (exact) mass is 540 g/mol. The van der Waals surface area contributed by atoms with Crippen molar-refractivity contribution in [2.75, 3.05) is 32.8 Å². The highest BCUT2D eigenvalue weighted by Crippen LogP contribution is 2.24. The maximum absolute atomic E-state index is 13.7. The Morgan fingerprint density at radius 2 is 1.82 bits per heavy atom. The third-order valence-electron chi connectivity index (χ3n) is 7.09. The van der Waals surface area contributed by atoms with Gasteiger partial charge in [0.1, 0.15) is 23.1 Å². The fourth-order valence-electron chi connectivity index (χ4n) is 4.76. The number of carbonyl (C=O) groups excluding carboxylic acids is 1. The van der Waals surface area contributed by atoms with Crippen LogP contribution in [0.2, 0.25) is 0 Å². The van der Waals surface area contributed by atoms with Gasteiger partial charge in [0.25, 0.3) is 11.5 Å². The number of ether oxygens (including phenoxy) is 1. The van der Waals surface area contributed by atoms with E-state index in [0.717, 1.165) is 13.1 Å². The molecule has 9 nitrogen and oxygen atoms in total. The van der Waals surface area contributed by atoms with Crippen LogP contribution in [0.1, 0.15) is 35.3 Å². The summed E-state index contributed by atoms with van der Waals surface area (Å²) in [5.74, 6) is -0.910. The molecule has 1 aliphatic rings. The number of hydrogen-bond donors (Lipinski definition) is 1. The van der Waals surface area contributed by atoms with E-state index in [1.54, 1.807) is 54.9 Å². The Hall–Kier alpha value is -4.46. The quantitative estimate of drug-likeness (QED) is 0.382. The molecule has 4 heterocycles. The van der Waals surface area contributed by atoms with E-state index in [-0.39, 0.29) is 11.4 Å². The summed E-state index contributed by atoms with van der Waals surface area (Å²) < 4.78 is 20.5. The summed E-state index contributed by atoms with van der Waals surface area (Å²) in [6.07, 6.45) is 3.12. The summed E-state index contributed by atoms with van der Waals surface area (Å²) in [6.45, 7) is 7.34. The van der Waals surface area contributed by atoms with E-state index in [4.69, 9.17) is 10.00 Å². The standard InChI is InChI=1S/C30H29FN6O3/c1-30(2,23-4-6-24(31)7-5-23)35-28(38)25-16-21-15-22(26-8-3-20(17-32)18-33-26)19-34-27(21)37(29(25)39)10-9-36-11-13-40-14-12-36/h3-8,15-16,18-19H,9-14H2,1-2H3,(H,35,38). The number of benzene rings is 1. The summed E-state index contributed by atoms with van der Waals surface area (Å²) in [5.41, 5.74) is 1.59. The van der Waals surface area contributed by atoms with Crippen LogP contribution in [-0.2, 0) is 16.8 Å². The molecule has 10 heteroatoms. The molecule has 0 aliphatic carbocycles. The van der Waals surface area contributed by atoms with E-state index >= 15 is 0 Å². The second-order valence-corrected chi connectivity index (χ2v) is 10.2. The molecule has 1 fully saturated rings. The van der Waals surface area contributed by atoms with Crippen LogP contribution in [0.15, 0.2) is 65.7 Å². The molecule has 204 valence electrons. The van der Waals surface area contributed by atoms with Crippen LogP contribution in [0.5, 0.6) is 0 Å². The van der Waals surface area contributed by atoms with Crippen molar-refractivity contribution >= 4 is 16.9 Å². The van der Waals surface area contributed by atoms with Crippen molar-refractivity contribution in [3.8, 4) is 17.3 Å². The first-order chi connectivity index (χ1) is 19.2. The average molecular weight is 541 g/mol. The molecule has 3 aromatic heterocycles. The predicted octanol–water partition coefficient (Wildman–Crippen LogP) is 3.47. The maximum atomic E-state index is 13.7. The highest BCUT2D eigenvalue weighted by atomic mass is 19.1. The van der Waals surface area contributed by atoms with Crippen LogP contribution in [0.4, 0.5) is 4.39 Å². The topological polar surface area (TPSA) is 113 Å². The van der Waals surface area contributed by atoms with Crippen LogP contribution in [0.3, 0.4) is 0 Å². The van der Waals surface area contributed by atoms with Gasteiger partial charge in [-0.25, -0.2) is 9.37 Å². The summed E-state index contributed by atoms with van der Waals surface area (Å²) in [7, 11) is 0. The third-order valence-corrected chi connectivity index (χ3v) is 7.09. The number of nitrogens with one attached hydrogen (secondary N) is 1. The molecule has 0 atom stereocenters. The van der Waals surface area contributed by atoms with Crippen LogP contribution in [0.25, 0.3) is 22.3 Å². The summed E-state index contributed by atoms with van der Waals surface area (Å²) in [4.78, 5) is 38.4. The van der Waals surface area contributed by atoms with E-state index in [1.165, 1.54) is 18.3 Å². The zero-order valence-electron chi connectivity index (χ0n) is 22.4. The van der Waals surface area contributed by atoms with Gasteiger partial charge < -0.3 is 10.1 Å². The normalized spacial score (nSPS) is 14.2. The van der Waals surface area contributed by atoms with Crippen molar-refractivity contribution < 1.29 is 13.9 Å². The van der Waals surface area contributed by atoms with Gasteiger partial charge in [-0.3, -0.25) is 24.0 Å². The third kappa shape index (κ3) is 5.76.